The number of aryl methyl sites for hydroxylation is 1. The first kappa shape index (κ1) is 18.3. The van der Waals surface area contributed by atoms with Gasteiger partial charge in [0, 0.05) is 30.9 Å². The van der Waals surface area contributed by atoms with Crippen molar-refractivity contribution in [3.05, 3.63) is 59.7 Å². The van der Waals surface area contributed by atoms with E-state index >= 15 is 0 Å². The van der Waals surface area contributed by atoms with Crippen molar-refractivity contribution < 1.29 is 9.18 Å². The van der Waals surface area contributed by atoms with E-state index in [0.717, 1.165) is 30.0 Å². The van der Waals surface area contributed by atoms with Gasteiger partial charge in [0.1, 0.15) is 5.82 Å². The number of carbonyl (C=O) groups is 1. The van der Waals surface area contributed by atoms with Gasteiger partial charge in [0.2, 0.25) is 0 Å². The molecule has 3 aromatic rings. The third kappa shape index (κ3) is 3.67. The van der Waals surface area contributed by atoms with Gasteiger partial charge in [0.25, 0.3) is 5.91 Å². The van der Waals surface area contributed by atoms with E-state index in [-0.39, 0.29) is 11.7 Å². The molecule has 0 bridgehead atoms. The van der Waals surface area contributed by atoms with Crippen molar-refractivity contribution in [2.24, 2.45) is 5.92 Å². The van der Waals surface area contributed by atoms with Crippen LogP contribution in [-0.4, -0.2) is 41.9 Å². The first-order valence-corrected chi connectivity index (χ1v) is 9.51. The maximum atomic E-state index is 13.2. The Morgan fingerprint density at radius 2 is 2.04 bits per heavy atom. The van der Waals surface area contributed by atoms with Crippen LogP contribution in [0.1, 0.15) is 42.1 Å². The molecule has 1 amide bonds. The number of halogens is 1. The van der Waals surface area contributed by atoms with Crippen molar-refractivity contribution in [1.82, 2.24) is 29.4 Å². The molecular formula is C20H23FN6O. The molecule has 0 atom stereocenters. The first-order valence-electron chi connectivity index (χ1n) is 9.51. The van der Waals surface area contributed by atoms with Gasteiger partial charge in [-0.1, -0.05) is 19.1 Å². The second-order valence-electron chi connectivity index (χ2n) is 7.51. The predicted molar refractivity (Wildman–Crippen MR) is 101 cm³/mol. The second-order valence-corrected chi connectivity index (χ2v) is 7.51. The number of nitrogens with zero attached hydrogens (tertiary/aromatic N) is 6. The summed E-state index contributed by atoms with van der Waals surface area (Å²) in [7, 11) is 0. The van der Waals surface area contributed by atoms with Crippen LogP contribution in [0, 0.1) is 11.7 Å². The lowest BCUT2D eigenvalue weighted by atomic mass is 10.1. The van der Waals surface area contributed by atoms with Gasteiger partial charge in [-0.2, -0.15) is 0 Å². The van der Waals surface area contributed by atoms with Crippen molar-refractivity contribution in [1.29, 1.82) is 0 Å². The molecule has 3 heterocycles. The Balaban J connectivity index is 1.47. The molecular weight excluding hydrogens is 359 g/mol. The minimum Gasteiger partial charge on any atom is -0.331 e. The molecule has 0 spiro atoms. The Hall–Kier alpha value is -3.03. The SMILES string of the molecule is CC(C)CCn1cc(C(=O)N2CCc3c(ncn3-c3ccc(F)cc3)C2)nn1. The predicted octanol–water partition coefficient (Wildman–Crippen LogP) is 2.85. The van der Waals surface area contributed by atoms with Gasteiger partial charge in [-0.3, -0.25) is 9.48 Å². The van der Waals surface area contributed by atoms with Crippen molar-refractivity contribution in [3.63, 3.8) is 0 Å². The number of aromatic nitrogens is 5. The summed E-state index contributed by atoms with van der Waals surface area (Å²) in [6.45, 7) is 6.07. The zero-order chi connectivity index (χ0) is 19.7. The standard InChI is InChI=1S/C20H23FN6O/c1-14(2)7-10-26-12-18(23-24-26)20(28)25-9-8-19-17(11-25)22-13-27(19)16-5-3-15(21)4-6-16/h3-6,12-14H,7-11H2,1-2H3. The fourth-order valence-electron chi connectivity index (χ4n) is 3.36. The van der Waals surface area contributed by atoms with Crippen molar-refractivity contribution in [2.45, 2.75) is 39.8 Å². The van der Waals surface area contributed by atoms with Gasteiger partial charge < -0.3 is 9.47 Å². The van der Waals surface area contributed by atoms with Crippen LogP contribution in [0.5, 0.6) is 0 Å². The smallest absolute Gasteiger partial charge is 0.276 e. The number of amides is 1. The summed E-state index contributed by atoms with van der Waals surface area (Å²) in [5.74, 6) is 0.175. The average molecular weight is 382 g/mol. The number of fused-ring (bicyclic) bond motifs is 1. The largest absolute Gasteiger partial charge is 0.331 e. The van der Waals surface area contributed by atoms with E-state index < -0.39 is 0 Å². The highest BCUT2D eigenvalue weighted by Crippen LogP contribution is 2.22. The van der Waals surface area contributed by atoms with Crippen LogP contribution >= 0.6 is 0 Å². The molecule has 4 rings (SSSR count). The van der Waals surface area contributed by atoms with Gasteiger partial charge >= 0.3 is 0 Å². The minimum atomic E-state index is -0.268. The van der Waals surface area contributed by atoms with E-state index in [9.17, 15) is 9.18 Å². The van der Waals surface area contributed by atoms with Crippen LogP contribution in [0.25, 0.3) is 5.69 Å². The molecule has 2 aromatic heterocycles. The third-order valence-electron chi connectivity index (χ3n) is 5.00. The fraction of sp³-hybridized carbons (Fsp3) is 0.400. The molecule has 28 heavy (non-hydrogen) atoms. The van der Waals surface area contributed by atoms with Crippen LogP contribution < -0.4 is 0 Å². The number of hydrogen-bond acceptors (Lipinski definition) is 4. The summed E-state index contributed by atoms with van der Waals surface area (Å²) in [5, 5.41) is 8.11. The molecule has 1 aromatic carbocycles. The summed E-state index contributed by atoms with van der Waals surface area (Å²) in [6.07, 6.45) is 5.12. The Kier molecular flexibility index (Phi) is 4.93. The number of imidazole rings is 1. The molecule has 0 unspecified atom stereocenters. The maximum Gasteiger partial charge on any atom is 0.276 e. The normalized spacial score (nSPS) is 13.8. The molecule has 146 valence electrons. The average Bonchev–Trinajstić information content (AvgIpc) is 3.33. The summed E-state index contributed by atoms with van der Waals surface area (Å²) < 4.78 is 16.9. The van der Waals surface area contributed by atoms with E-state index in [1.54, 1.807) is 34.2 Å². The summed E-state index contributed by atoms with van der Waals surface area (Å²) in [6, 6.07) is 6.32. The van der Waals surface area contributed by atoms with E-state index in [1.807, 2.05) is 4.57 Å². The number of benzene rings is 1. The lowest BCUT2D eigenvalue weighted by molar-refractivity contribution is 0.0725. The van der Waals surface area contributed by atoms with E-state index in [1.165, 1.54) is 12.1 Å². The van der Waals surface area contributed by atoms with Gasteiger partial charge in [-0.25, -0.2) is 9.37 Å². The van der Waals surface area contributed by atoms with Crippen molar-refractivity contribution >= 4 is 5.91 Å². The van der Waals surface area contributed by atoms with E-state index in [0.29, 0.717) is 31.1 Å². The molecule has 0 N–H and O–H groups in total. The van der Waals surface area contributed by atoms with Crippen LogP contribution in [0.15, 0.2) is 36.8 Å². The number of carbonyl (C=O) groups excluding carboxylic acids is 1. The highest BCUT2D eigenvalue weighted by atomic mass is 19.1. The second kappa shape index (κ2) is 7.53. The van der Waals surface area contributed by atoms with Crippen molar-refractivity contribution in [2.75, 3.05) is 6.54 Å². The Morgan fingerprint density at radius 3 is 2.79 bits per heavy atom. The monoisotopic (exact) mass is 382 g/mol. The summed E-state index contributed by atoms with van der Waals surface area (Å²) in [4.78, 5) is 19.0. The van der Waals surface area contributed by atoms with Gasteiger partial charge in [0.05, 0.1) is 24.8 Å². The van der Waals surface area contributed by atoms with Gasteiger partial charge in [-0.15, -0.1) is 5.10 Å². The molecule has 8 heteroatoms. The number of hydrogen-bond donors (Lipinski definition) is 0. The zero-order valence-corrected chi connectivity index (χ0v) is 16.0. The fourth-order valence-corrected chi connectivity index (χ4v) is 3.36. The van der Waals surface area contributed by atoms with Gasteiger partial charge in [-0.05, 0) is 36.6 Å². The highest BCUT2D eigenvalue weighted by Gasteiger charge is 2.27. The van der Waals surface area contributed by atoms with E-state index in [4.69, 9.17) is 0 Å². The Morgan fingerprint density at radius 1 is 1.25 bits per heavy atom. The molecule has 0 aliphatic carbocycles. The molecule has 7 nitrogen and oxygen atoms in total. The third-order valence-corrected chi connectivity index (χ3v) is 5.00. The lowest BCUT2D eigenvalue weighted by Crippen LogP contribution is -2.36. The van der Waals surface area contributed by atoms with Gasteiger partial charge in [0.15, 0.2) is 5.69 Å². The van der Waals surface area contributed by atoms with Crippen LogP contribution in [0.3, 0.4) is 0 Å². The van der Waals surface area contributed by atoms with Crippen LogP contribution in [-0.2, 0) is 19.5 Å². The quantitative estimate of drug-likeness (QED) is 0.680. The summed E-state index contributed by atoms with van der Waals surface area (Å²) in [5.41, 5.74) is 3.14. The molecule has 0 radical (unpaired) electrons. The maximum absolute atomic E-state index is 13.2. The number of rotatable bonds is 5. The molecule has 0 saturated heterocycles. The molecule has 1 aliphatic rings. The van der Waals surface area contributed by atoms with Crippen LogP contribution in [0.2, 0.25) is 0 Å². The highest BCUT2D eigenvalue weighted by molar-refractivity contribution is 5.92. The van der Waals surface area contributed by atoms with Crippen molar-refractivity contribution in [3.8, 4) is 5.69 Å². The topological polar surface area (TPSA) is 68.8 Å². The Labute approximate surface area is 162 Å². The molecule has 0 fully saturated rings. The zero-order valence-electron chi connectivity index (χ0n) is 16.0. The molecule has 0 saturated carbocycles. The first-order chi connectivity index (χ1) is 13.5. The molecule has 1 aliphatic heterocycles. The Bertz CT molecular complexity index is 975. The van der Waals surface area contributed by atoms with E-state index in [2.05, 4.69) is 29.1 Å². The minimum absolute atomic E-state index is 0.127. The lowest BCUT2D eigenvalue weighted by Gasteiger charge is -2.26. The van der Waals surface area contributed by atoms with Crippen LogP contribution in [0.4, 0.5) is 4.39 Å². The summed E-state index contributed by atoms with van der Waals surface area (Å²) >= 11 is 0.